The maximum Gasteiger partial charge on any atom is 0.0754 e. The summed E-state index contributed by atoms with van der Waals surface area (Å²) >= 11 is 0. The molecule has 1 aliphatic heterocycles. The molecule has 1 N–H and O–H groups in total. The predicted molar refractivity (Wildman–Crippen MR) is 25.0 cm³/mol. The quantitative estimate of drug-likeness (QED) is 0.485. The fourth-order valence-electron chi connectivity index (χ4n) is 0.478. The zero-order valence-electron chi connectivity index (χ0n) is 4.07. The SMILES string of the molecule is CCCN1CN1. The molecule has 1 atom stereocenters. The standard InChI is InChI=1S/C4H10N2/c1-2-3-6-4-5-6/h5H,2-4H2,1H3. The molecule has 6 heavy (non-hydrogen) atoms. The summed E-state index contributed by atoms with van der Waals surface area (Å²) in [6, 6.07) is 0. The number of nitrogens with zero attached hydrogens (tertiary/aromatic N) is 1. The van der Waals surface area contributed by atoms with Crippen LogP contribution in [0.2, 0.25) is 0 Å². The Labute approximate surface area is 38.1 Å². The van der Waals surface area contributed by atoms with Crippen molar-refractivity contribution in [2.24, 2.45) is 0 Å². The summed E-state index contributed by atoms with van der Waals surface area (Å²) in [6.07, 6.45) is 1.26. The molecule has 0 aromatic rings. The Balaban J connectivity index is 1.88. The van der Waals surface area contributed by atoms with E-state index in [-0.39, 0.29) is 0 Å². The van der Waals surface area contributed by atoms with Gasteiger partial charge in [-0.2, -0.15) is 0 Å². The van der Waals surface area contributed by atoms with Crippen LogP contribution in [-0.2, 0) is 0 Å². The fraction of sp³-hybridized carbons (Fsp3) is 1.00. The van der Waals surface area contributed by atoms with Crippen LogP contribution in [0.1, 0.15) is 13.3 Å². The highest BCUT2D eigenvalue weighted by molar-refractivity contribution is 4.56. The summed E-state index contributed by atoms with van der Waals surface area (Å²) in [5, 5.41) is 2.18. The summed E-state index contributed by atoms with van der Waals surface area (Å²) < 4.78 is 0. The molecule has 1 aliphatic rings. The zero-order chi connectivity index (χ0) is 4.41. The number of hydrogen-bond acceptors (Lipinski definition) is 2. The van der Waals surface area contributed by atoms with Gasteiger partial charge in [0.25, 0.3) is 0 Å². The van der Waals surface area contributed by atoms with Gasteiger partial charge in [-0.25, -0.2) is 10.4 Å². The first-order chi connectivity index (χ1) is 2.93. The molecule has 0 amide bonds. The summed E-state index contributed by atoms with van der Waals surface area (Å²) in [5.41, 5.74) is 3.07. The Kier molecular flexibility index (Phi) is 1.08. The van der Waals surface area contributed by atoms with E-state index < -0.39 is 0 Å². The maximum absolute atomic E-state index is 3.07. The molecule has 2 nitrogen and oxygen atoms in total. The maximum atomic E-state index is 3.07. The number of hydrazine groups is 1. The molecule has 0 radical (unpaired) electrons. The molecule has 0 aliphatic carbocycles. The van der Waals surface area contributed by atoms with Crippen LogP contribution in [0, 0.1) is 0 Å². The number of nitrogens with one attached hydrogen (secondary N) is 1. The lowest BCUT2D eigenvalue weighted by atomic mass is 10.5. The van der Waals surface area contributed by atoms with E-state index in [1.807, 2.05) is 0 Å². The van der Waals surface area contributed by atoms with Gasteiger partial charge < -0.3 is 0 Å². The highest BCUT2D eigenvalue weighted by Gasteiger charge is 2.12. The minimum Gasteiger partial charge on any atom is -0.238 e. The third kappa shape index (κ3) is 0.954. The van der Waals surface area contributed by atoms with E-state index in [4.69, 9.17) is 0 Å². The first kappa shape index (κ1) is 4.09. The predicted octanol–water partition coefficient (Wildman–Crippen LogP) is 0.174. The second-order valence-corrected chi connectivity index (χ2v) is 1.58. The molecule has 0 saturated carbocycles. The molecular formula is C4H10N2. The van der Waals surface area contributed by atoms with E-state index in [1.54, 1.807) is 0 Å². The second-order valence-electron chi connectivity index (χ2n) is 1.58. The molecule has 36 valence electrons. The molecule has 1 rings (SSSR count). The summed E-state index contributed by atoms with van der Waals surface area (Å²) in [5.74, 6) is 0. The first-order valence-electron chi connectivity index (χ1n) is 2.42. The van der Waals surface area contributed by atoms with Crippen molar-refractivity contribution in [3.8, 4) is 0 Å². The van der Waals surface area contributed by atoms with Gasteiger partial charge in [-0.1, -0.05) is 6.92 Å². The molecule has 1 fully saturated rings. The fourth-order valence-corrected chi connectivity index (χ4v) is 0.478. The van der Waals surface area contributed by atoms with Gasteiger partial charge in [0.1, 0.15) is 0 Å². The van der Waals surface area contributed by atoms with Crippen LogP contribution >= 0.6 is 0 Å². The van der Waals surface area contributed by atoms with Crippen LogP contribution in [0.25, 0.3) is 0 Å². The Bertz CT molecular complexity index is 40.8. The van der Waals surface area contributed by atoms with Crippen LogP contribution in [-0.4, -0.2) is 18.2 Å². The van der Waals surface area contributed by atoms with Gasteiger partial charge in [-0.15, -0.1) is 0 Å². The zero-order valence-corrected chi connectivity index (χ0v) is 4.07. The van der Waals surface area contributed by atoms with E-state index >= 15 is 0 Å². The van der Waals surface area contributed by atoms with E-state index in [1.165, 1.54) is 13.0 Å². The largest absolute Gasteiger partial charge is 0.238 e. The van der Waals surface area contributed by atoms with Crippen LogP contribution < -0.4 is 5.43 Å². The minimum atomic E-state index is 1.10. The van der Waals surface area contributed by atoms with Crippen molar-refractivity contribution in [1.82, 2.24) is 10.4 Å². The Morgan fingerprint density at radius 2 is 2.50 bits per heavy atom. The molecule has 1 saturated heterocycles. The summed E-state index contributed by atoms with van der Waals surface area (Å²) in [6.45, 7) is 4.49. The molecule has 2 heteroatoms. The van der Waals surface area contributed by atoms with Gasteiger partial charge in [-0.05, 0) is 6.42 Å². The van der Waals surface area contributed by atoms with Gasteiger partial charge in [0.2, 0.25) is 0 Å². The normalized spacial score (nSPS) is 30.5. The Hall–Kier alpha value is -0.0800. The van der Waals surface area contributed by atoms with Crippen LogP contribution in [0.5, 0.6) is 0 Å². The van der Waals surface area contributed by atoms with Crippen LogP contribution in [0.4, 0.5) is 0 Å². The number of rotatable bonds is 2. The average molecular weight is 86.1 g/mol. The average Bonchev–Trinajstić information content (AvgIpc) is 2.21. The number of hydrogen-bond donors (Lipinski definition) is 1. The van der Waals surface area contributed by atoms with Gasteiger partial charge in [0.15, 0.2) is 0 Å². The van der Waals surface area contributed by atoms with Crippen molar-refractivity contribution in [3.05, 3.63) is 0 Å². The van der Waals surface area contributed by atoms with Crippen molar-refractivity contribution >= 4 is 0 Å². The minimum absolute atomic E-state index is 1.10. The van der Waals surface area contributed by atoms with E-state index in [0.717, 1.165) is 6.67 Å². The molecule has 0 aromatic heterocycles. The molecule has 0 aromatic carbocycles. The molecule has 1 heterocycles. The monoisotopic (exact) mass is 86.1 g/mol. The van der Waals surface area contributed by atoms with Gasteiger partial charge in [0.05, 0.1) is 6.67 Å². The van der Waals surface area contributed by atoms with Crippen molar-refractivity contribution in [1.29, 1.82) is 0 Å². The molecule has 0 bridgehead atoms. The van der Waals surface area contributed by atoms with Crippen molar-refractivity contribution in [2.75, 3.05) is 13.2 Å². The van der Waals surface area contributed by atoms with Crippen LogP contribution in [0.15, 0.2) is 0 Å². The molecular weight excluding hydrogens is 76.1 g/mol. The first-order valence-corrected chi connectivity index (χ1v) is 2.42. The highest BCUT2D eigenvalue weighted by Crippen LogP contribution is 1.92. The highest BCUT2D eigenvalue weighted by atomic mass is 15.7. The smallest absolute Gasteiger partial charge is 0.0754 e. The summed E-state index contributed by atoms with van der Waals surface area (Å²) in [4.78, 5) is 0. The lowest BCUT2D eigenvalue weighted by molar-refractivity contribution is 0.508. The van der Waals surface area contributed by atoms with Gasteiger partial charge >= 0.3 is 0 Å². The van der Waals surface area contributed by atoms with Gasteiger partial charge in [-0.3, -0.25) is 0 Å². The third-order valence-electron chi connectivity index (χ3n) is 0.875. The lowest BCUT2D eigenvalue weighted by Gasteiger charge is -1.87. The lowest BCUT2D eigenvalue weighted by Crippen LogP contribution is -1.99. The third-order valence-corrected chi connectivity index (χ3v) is 0.875. The van der Waals surface area contributed by atoms with E-state index in [9.17, 15) is 0 Å². The summed E-state index contributed by atoms with van der Waals surface area (Å²) in [7, 11) is 0. The second kappa shape index (κ2) is 1.58. The van der Waals surface area contributed by atoms with Crippen molar-refractivity contribution in [2.45, 2.75) is 13.3 Å². The van der Waals surface area contributed by atoms with Crippen molar-refractivity contribution < 1.29 is 0 Å². The molecule has 1 unspecified atom stereocenters. The van der Waals surface area contributed by atoms with Crippen LogP contribution in [0.3, 0.4) is 0 Å². The Morgan fingerprint density at radius 3 is 2.67 bits per heavy atom. The van der Waals surface area contributed by atoms with Crippen molar-refractivity contribution in [3.63, 3.8) is 0 Å². The van der Waals surface area contributed by atoms with Gasteiger partial charge in [0, 0.05) is 6.54 Å². The Morgan fingerprint density at radius 1 is 1.83 bits per heavy atom. The topological polar surface area (TPSA) is 25.0 Å². The molecule has 0 spiro atoms. The van der Waals surface area contributed by atoms with E-state index in [0.29, 0.717) is 0 Å². The van der Waals surface area contributed by atoms with E-state index in [2.05, 4.69) is 17.4 Å².